The molecule has 4 rings (SSSR count). The molecule has 0 atom stereocenters. The fourth-order valence-electron chi connectivity index (χ4n) is 2.93. The van der Waals surface area contributed by atoms with Gasteiger partial charge in [-0.1, -0.05) is 29.3 Å². The molecule has 0 aliphatic rings. The zero-order valence-electron chi connectivity index (χ0n) is 16.0. The minimum Gasteiger partial charge on any atom is -0.436 e. The second kappa shape index (κ2) is 8.41. The van der Waals surface area contributed by atoms with Crippen LogP contribution >= 0.6 is 23.8 Å². The Morgan fingerprint density at radius 2 is 1.87 bits per heavy atom. The first-order valence-electron chi connectivity index (χ1n) is 9.04. The van der Waals surface area contributed by atoms with Crippen molar-refractivity contribution in [3.8, 4) is 11.5 Å². The fourth-order valence-corrected chi connectivity index (χ4v) is 3.37. The standard InChI is InChI=1S/C22H14ClF2N3O2S/c1-11-3-2-4-12(7-11)20(29)28-22(31)26-13-5-6-19-18(8-13)27-21(30-19)14-9-16(24)17(25)10-15(14)23/h2-10H,1H3,(H2,26,28,29,31). The van der Waals surface area contributed by atoms with Gasteiger partial charge in [0.1, 0.15) is 5.52 Å². The third-order valence-corrected chi connectivity index (χ3v) is 4.91. The van der Waals surface area contributed by atoms with Crippen molar-refractivity contribution in [1.29, 1.82) is 0 Å². The summed E-state index contributed by atoms with van der Waals surface area (Å²) in [6.45, 7) is 1.89. The number of nitrogens with zero attached hydrogens (tertiary/aromatic N) is 1. The molecule has 0 bridgehead atoms. The van der Waals surface area contributed by atoms with Crippen LogP contribution in [-0.4, -0.2) is 16.0 Å². The first-order valence-corrected chi connectivity index (χ1v) is 9.83. The highest BCUT2D eigenvalue weighted by atomic mass is 35.5. The second-order valence-electron chi connectivity index (χ2n) is 6.73. The molecule has 0 saturated carbocycles. The van der Waals surface area contributed by atoms with Gasteiger partial charge in [0, 0.05) is 11.3 Å². The van der Waals surface area contributed by atoms with Crippen LogP contribution < -0.4 is 10.6 Å². The van der Waals surface area contributed by atoms with Gasteiger partial charge in [0.2, 0.25) is 5.89 Å². The number of aromatic nitrogens is 1. The number of rotatable bonds is 3. The summed E-state index contributed by atoms with van der Waals surface area (Å²) in [6.07, 6.45) is 0. The van der Waals surface area contributed by atoms with E-state index in [-0.39, 0.29) is 27.5 Å². The Bertz CT molecular complexity index is 1340. The van der Waals surface area contributed by atoms with Gasteiger partial charge < -0.3 is 9.73 Å². The number of thiocarbonyl (C=S) groups is 1. The highest BCUT2D eigenvalue weighted by Gasteiger charge is 2.16. The van der Waals surface area contributed by atoms with Gasteiger partial charge in [0.25, 0.3) is 5.91 Å². The second-order valence-corrected chi connectivity index (χ2v) is 7.54. The number of hydrogen-bond donors (Lipinski definition) is 2. The van der Waals surface area contributed by atoms with Crippen molar-refractivity contribution in [1.82, 2.24) is 10.3 Å². The summed E-state index contributed by atoms with van der Waals surface area (Å²) in [7, 11) is 0. The number of nitrogens with one attached hydrogen (secondary N) is 2. The fraction of sp³-hybridized carbons (Fsp3) is 0.0455. The van der Waals surface area contributed by atoms with E-state index >= 15 is 0 Å². The minimum absolute atomic E-state index is 0.0242. The first kappa shape index (κ1) is 20.9. The molecule has 0 radical (unpaired) electrons. The van der Waals surface area contributed by atoms with Crippen LogP contribution in [0, 0.1) is 18.6 Å². The van der Waals surface area contributed by atoms with Gasteiger partial charge in [-0.05, 0) is 61.6 Å². The van der Waals surface area contributed by atoms with E-state index in [1.807, 2.05) is 13.0 Å². The lowest BCUT2D eigenvalue weighted by Crippen LogP contribution is -2.34. The van der Waals surface area contributed by atoms with E-state index in [9.17, 15) is 13.6 Å². The van der Waals surface area contributed by atoms with Crippen molar-refractivity contribution < 1.29 is 18.0 Å². The maximum atomic E-state index is 13.6. The summed E-state index contributed by atoms with van der Waals surface area (Å²) in [6, 6.07) is 13.9. The molecule has 5 nitrogen and oxygen atoms in total. The van der Waals surface area contributed by atoms with E-state index in [2.05, 4.69) is 15.6 Å². The third kappa shape index (κ3) is 4.55. The molecule has 4 aromatic rings. The molecule has 0 fully saturated rings. The molecule has 2 N–H and O–H groups in total. The van der Waals surface area contributed by atoms with Crippen molar-refractivity contribution in [3.63, 3.8) is 0 Å². The third-order valence-electron chi connectivity index (χ3n) is 4.39. The number of amides is 1. The maximum absolute atomic E-state index is 13.6. The number of halogens is 3. The van der Waals surface area contributed by atoms with Gasteiger partial charge >= 0.3 is 0 Å². The summed E-state index contributed by atoms with van der Waals surface area (Å²) < 4.78 is 32.5. The average molecular weight is 458 g/mol. The predicted octanol–water partition coefficient (Wildman–Crippen LogP) is 5.86. The molecule has 156 valence electrons. The van der Waals surface area contributed by atoms with Crippen LogP contribution in [0.2, 0.25) is 5.02 Å². The quantitative estimate of drug-likeness (QED) is 0.298. The maximum Gasteiger partial charge on any atom is 0.257 e. The summed E-state index contributed by atoms with van der Waals surface area (Å²) in [4.78, 5) is 16.6. The number of hydrogen-bond acceptors (Lipinski definition) is 4. The Kier molecular flexibility index (Phi) is 5.67. The van der Waals surface area contributed by atoms with E-state index < -0.39 is 11.6 Å². The molecular weight excluding hydrogens is 444 g/mol. The van der Waals surface area contributed by atoms with E-state index in [0.717, 1.165) is 17.7 Å². The lowest BCUT2D eigenvalue weighted by molar-refractivity contribution is 0.0977. The largest absolute Gasteiger partial charge is 0.436 e. The number of carbonyl (C=O) groups is 1. The topological polar surface area (TPSA) is 67.2 Å². The van der Waals surface area contributed by atoms with Crippen molar-refractivity contribution in [2.45, 2.75) is 6.92 Å². The first-order chi connectivity index (χ1) is 14.8. The summed E-state index contributed by atoms with van der Waals surface area (Å²) >= 11 is 11.2. The Morgan fingerprint density at radius 1 is 1.10 bits per heavy atom. The number of oxazole rings is 1. The molecule has 0 unspecified atom stereocenters. The molecule has 1 aromatic heterocycles. The summed E-state index contributed by atoms with van der Waals surface area (Å²) in [5.74, 6) is -2.40. The monoisotopic (exact) mass is 457 g/mol. The Balaban J connectivity index is 1.52. The molecule has 0 aliphatic carbocycles. The van der Waals surface area contributed by atoms with Gasteiger partial charge in [0.15, 0.2) is 22.3 Å². The van der Waals surface area contributed by atoms with Gasteiger partial charge in [-0.15, -0.1) is 0 Å². The molecular formula is C22H14ClF2N3O2S. The minimum atomic E-state index is -1.06. The van der Waals surface area contributed by atoms with Gasteiger partial charge in [0.05, 0.1) is 10.6 Å². The smallest absolute Gasteiger partial charge is 0.257 e. The van der Waals surface area contributed by atoms with Gasteiger partial charge in [-0.25, -0.2) is 13.8 Å². The van der Waals surface area contributed by atoms with E-state index in [1.165, 1.54) is 0 Å². The molecule has 1 heterocycles. The van der Waals surface area contributed by atoms with Crippen LogP contribution in [0.1, 0.15) is 15.9 Å². The van der Waals surface area contributed by atoms with Crippen molar-refractivity contribution in [3.05, 3.63) is 82.4 Å². The Hall–Kier alpha value is -3.36. The summed E-state index contributed by atoms with van der Waals surface area (Å²) in [5.41, 5.74) is 2.99. The lowest BCUT2D eigenvalue weighted by Gasteiger charge is -2.09. The number of anilines is 1. The zero-order chi connectivity index (χ0) is 22.1. The average Bonchev–Trinajstić information content (AvgIpc) is 3.13. The predicted molar refractivity (Wildman–Crippen MR) is 119 cm³/mol. The van der Waals surface area contributed by atoms with Gasteiger partial charge in [-0.3, -0.25) is 10.1 Å². The SMILES string of the molecule is Cc1cccc(C(=O)NC(=S)Nc2ccc3oc(-c4cc(F)c(F)cc4Cl)nc3c2)c1. The molecule has 3 aromatic carbocycles. The molecule has 0 spiro atoms. The Labute approximate surface area is 186 Å². The van der Waals surface area contributed by atoms with Crippen molar-refractivity contribution >= 4 is 51.6 Å². The molecule has 31 heavy (non-hydrogen) atoms. The summed E-state index contributed by atoms with van der Waals surface area (Å²) in [5, 5.41) is 5.61. The highest BCUT2D eigenvalue weighted by molar-refractivity contribution is 7.80. The molecule has 1 amide bonds. The van der Waals surface area contributed by atoms with Crippen molar-refractivity contribution in [2.75, 3.05) is 5.32 Å². The van der Waals surface area contributed by atoms with Crippen LogP contribution in [0.25, 0.3) is 22.6 Å². The van der Waals surface area contributed by atoms with Crippen molar-refractivity contribution in [2.24, 2.45) is 0 Å². The molecule has 9 heteroatoms. The molecule has 0 saturated heterocycles. The Morgan fingerprint density at radius 3 is 2.65 bits per heavy atom. The number of carbonyl (C=O) groups excluding carboxylic acids is 1. The van der Waals surface area contributed by atoms with Gasteiger partial charge in [-0.2, -0.15) is 0 Å². The number of benzene rings is 3. The van der Waals surface area contributed by atoms with E-state index in [0.29, 0.717) is 22.4 Å². The number of aryl methyl sites for hydroxylation is 1. The highest BCUT2D eigenvalue weighted by Crippen LogP contribution is 2.32. The van der Waals surface area contributed by atoms with Crippen LogP contribution in [0.15, 0.2) is 59.0 Å². The van der Waals surface area contributed by atoms with Crippen LogP contribution in [0.3, 0.4) is 0 Å². The zero-order valence-corrected chi connectivity index (χ0v) is 17.6. The molecule has 0 aliphatic heterocycles. The normalized spacial score (nSPS) is 10.8. The lowest BCUT2D eigenvalue weighted by atomic mass is 10.1. The number of fused-ring (bicyclic) bond motifs is 1. The van der Waals surface area contributed by atoms with E-state index in [1.54, 1.807) is 36.4 Å². The van der Waals surface area contributed by atoms with Crippen LogP contribution in [0.4, 0.5) is 14.5 Å². The van der Waals surface area contributed by atoms with Crippen LogP contribution in [0.5, 0.6) is 0 Å². The van der Waals surface area contributed by atoms with Crippen LogP contribution in [-0.2, 0) is 0 Å². The van der Waals surface area contributed by atoms with E-state index in [4.69, 9.17) is 28.2 Å².